The monoisotopic (exact) mass is 213 g/mol. The molecule has 0 saturated carbocycles. The lowest BCUT2D eigenvalue weighted by Gasteiger charge is -2.05. The summed E-state index contributed by atoms with van der Waals surface area (Å²) in [5.74, 6) is -2.34. The van der Waals surface area contributed by atoms with Crippen LogP contribution in [0.15, 0.2) is 12.1 Å². The molecule has 0 aliphatic rings. The first-order valence-corrected chi connectivity index (χ1v) is 4.16. The Morgan fingerprint density at radius 3 is 2.71 bits per heavy atom. The molecular formula is C9H5ClFNO2. The molecule has 0 heterocycles. The maximum Gasteiger partial charge on any atom is 0.337 e. The quantitative estimate of drug-likeness (QED) is 0.766. The average Bonchev–Trinajstić information content (AvgIpc) is 2.17. The third-order valence-corrected chi connectivity index (χ3v) is 1.99. The van der Waals surface area contributed by atoms with E-state index in [2.05, 4.69) is 0 Å². The molecular weight excluding hydrogens is 209 g/mol. The number of rotatable bonds is 2. The SMILES string of the molecule is N#Cc1ccc(F)c(CCl)c1C(=O)O. The van der Waals surface area contributed by atoms with Gasteiger partial charge in [-0.25, -0.2) is 9.18 Å². The Kier molecular flexibility index (Phi) is 3.05. The number of carbonyl (C=O) groups is 1. The highest BCUT2D eigenvalue weighted by Crippen LogP contribution is 2.20. The number of benzene rings is 1. The van der Waals surface area contributed by atoms with E-state index in [1.54, 1.807) is 6.07 Å². The molecule has 0 radical (unpaired) electrons. The number of aromatic carboxylic acids is 1. The predicted octanol–water partition coefficient (Wildman–Crippen LogP) is 2.13. The number of nitriles is 1. The molecule has 1 N–H and O–H groups in total. The second-order valence-electron chi connectivity index (χ2n) is 2.50. The van der Waals surface area contributed by atoms with Crippen molar-refractivity contribution in [3.05, 3.63) is 34.6 Å². The Morgan fingerprint density at radius 2 is 2.29 bits per heavy atom. The minimum atomic E-state index is -1.35. The van der Waals surface area contributed by atoms with E-state index in [0.717, 1.165) is 12.1 Å². The molecule has 14 heavy (non-hydrogen) atoms. The van der Waals surface area contributed by atoms with Gasteiger partial charge in [0.15, 0.2) is 0 Å². The van der Waals surface area contributed by atoms with E-state index >= 15 is 0 Å². The van der Waals surface area contributed by atoms with Crippen LogP contribution in [0.2, 0.25) is 0 Å². The first-order valence-electron chi connectivity index (χ1n) is 3.62. The van der Waals surface area contributed by atoms with E-state index in [1.807, 2.05) is 0 Å². The summed E-state index contributed by atoms with van der Waals surface area (Å²) in [5.41, 5.74) is -0.602. The number of carboxylic acid groups (broad SMARTS) is 1. The molecule has 0 aromatic heterocycles. The highest BCUT2D eigenvalue weighted by atomic mass is 35.5. The molecule has 5 heteroatoms. The van der Waals surface area contributed by atoms with Crippen molar-refractivity contribution in [2.24, 2.45) is 0 Å². The molecule has 72 valence electrons. The molecule has 0 amide bonds. The normalized spacial score (nSPS) is 9.50. The lowest BCUT2D eigenvalue weighted by atomic mass is 10.0. The van der Waals surface area contributed by atoms with Crippen molar-refractivity contribution in [2.45, 2.75) is 5.88 Å². The molecule has 3 nitrogen and oxygen atoms in total. The Morgan fingerprint density at radius 1 is 1.64 bits per heavy atom. The van der Waals surface area contributed by atoms with Gasteiger partial charge in [0.1, 0.15) is 11.9 Å². The van der Waals surface area contributed by atoms with Gasteiger partial charge in [-0.05, 0) is 12.1 Å². The van der Waals surface area contributed by atoms with Crippen molar-refractivity contribution < 1.29 is 14.3 Å². The van der Waals surface area contributed by atoms with Gasteiger partial charge in [0.2, 0.25) is 0 Å². The molecule has 0 aliphatic heterocycles. The number of alkyl halides is 1. The number of nitrogens with zero attached hydrogens (tertiary/aromatic N) is 1. The van der Waals surface area contributed by atoms with Gasteiger partial charge in [-0.1, -0.05) is 0 Å². The largest absolute Gasteiger partial charge is 0.478 e. The second kappa shape index (κ2) is 4.07. The molecule has 1 aromatic carbocycles. The van der Waals surface area contributed by atoms with Crippen LogP contribution in [0.4, 0.5) is 4.39 Å². The first kappa shape index (κ1) is 10.5. The third-order valence-electron chi connectivity index (χ3n) is 1.72. The number of hydrogen-bond acceptors (Lipinski definition) is 2. The topological polar surface area (TPSA) is 61.1 Å². The van der Waals surface area contributed by atoms with Crippen molar-refractivity contribution in [3.8, 4) is 6.07 Å². The van der Waals surface area contributed by atoms with Crippen molar-refractivity contribution in [2.75, 3.05) is 0 Å². The van der Waals surface area contributed by atoms with Crippen molar-refractivity contribution in [1.82, 2.24) is 0 Å². The molecule has 0 spiro atoms. The van der Waals surface area contributed by atoms with E-state index < -0.39 is 11.8 Å². The summed E-state index contributed by atoms with van der Waals surface area (Å²) in [4.78, 5) is 10.7. The zero-order valence-electron chi connectivity index (χ0n) is 6.92. The van der Waals surface area contributed by atoms with Crippen molar-refractivity contribution in [1.29, 1.82) is 5.26 Å². The predicted molar refractivity (Wildman–Crippen MR) is 47.6 cm³/mol. The summed E-state index contributed by atoms with van der Waals surface area (Å²) in [5, 5.41) is 17.4. The maximum atomic E-state index is 13.1. The van der Waals surface area contributed by atoms with Gasteiger partial charge < -0.3 is 5.11 Å². The lowest BCUT2D eigenvalue weighted by molar-refractivity contribution is 0.0695. The summed E-state index contributed by atoms with van der Waals surface area (Å²) in [6.45, 7) is 0. The third kappa shape index (κ3) is 1.68. The van der Waals surface area contributed by atoms with Crippen molar-refractivity contribution >= 4 is 17.6 Å². The standard InChI is InChI=1S/C9H5ClFNO2/c10-3-6-7(11)2-1-5(4-12)8(6)9(13)14/h1-2H,3H2,(H,13,14). The summed E-state index contributed by atoms with van der Waals surface area (Å²) >= 11 is 5.40. The van der Waals surface area contributed by atoms with E-state index in [1.165, 1.54) is 0 Å². The van der Waals surface area contributed by atoms with Crippen LogP contribution in [0.25, 0.3) is 0 Å². The van der Waals surface area contributed by atoms with E-state index in [0.29, 0.717) is 0 Å². The van der Waals surface area contributed by atoms with Crippen LogP contribution in [0.3, 0.4) is 0 Å². The Bertz CT molecular complexity index is 426. The number of carboxylic acids is 1. The molecule has 0 unspecified atom stereocenters. The Balaban J connectivity index is 3.54. The van der Waals surface area contributed by atoms with Crippen LogP contribution >= 0.6 is 11.6 Å². The molecule has 0 fully saturated rings. The fraction of sp³-hybridized carbons (Fsp3) is 0.111. The minimum Gasteiger partial charge on any atom is -0.478 e. The first-order chi connectivity index (χ1) is 6.61. The van der Waals surface area contributed by atoms with Crippen LogP contribution in [0, 0.1) is 17.1 Å². The lowest BCUT2D eigenvalue weighted by Crippen LogP contribution is -2.06. The molecule has 0 aliphatic carbocycles. The molecule has 0 saturated heterocycles. The summed E-state index contributed by atoms with van der Waals surface area (Å²) in [7, 11) is 0. The van der Waals surface area contributed by atoms with Gasteiger partial charge in [0, 0.05) is 5.56 Å². The number of hydrogen-bond donors (Lipinski definition) is 1. The second-order valence-corrected chi connectivity index (χ2v) is 2.77. The van der Waals surface area contributed by atoms with Crippen LogP contribution in [0.5, 0.6) is 0 Å². The van der Waals surface area contributed by atoms with Gasteiger partial charge in [-0.3, -0.25) is 0 Å². The molecule has 0 bridgehead atoms. The van der Waals surface area contributed by atoms with Crippen molar-refractivity contribution in [3.63, 3.8) is 0 Å². The highest BCUT2D eigenvalue weighted by molar-refractivity contribution is 6.17. The Hall–Kier alpha value is -1.60. The van der Waals surface area contributed by atoms with Crippen LogP contribution in [-0.4, -0.2) is 11.1 Å². The zero-order chi connectivity index (χ0) is 10.7. The zero-order valence-corrected chi connectivity index (χ0v) is 7.68. The van der Waals surface area contributed by atoms with Crippen LogP contribution in [0.1, 0.15) is 21.5 Å². The van der Waals surface area contributed by atoms with E-state index in [-0.39, 0.29) is 22.6 Å². The Labute approximate surface area is 84.3 Å². The van der Waals surface area contributed by atoms with Gasteiger partial charge in [0.05, 0.1) is 17.0 Å². The van der Waals surface area contributed by atoms with Gasteiger partial charge in [-0.15, -0.1) is 11.6 Å². The minimum absolute atomic E-state index is 0.0884. The van der Waals surface area contributed by atoms with E-state index in [4.69, 9.17) is 22.0 Å². The average molecular weight is 214 g/mol. The van der Waals surface area contributed by atoms with Gasteiger partial charge in [0.25, 0.3) is 0 Å². The summed E-state index contributed by atoms with van der Waals surface area (Å²) in [6.07, 6.45) is 0. The summed E-state index contributed by atoms with van der Waals surface area (Å²) in [6, 6.07) is 3.82. The van der Waals surface area contributed by atoms with Crippen LogP contribution < -0.4 is 0 Å². The highest BCUT2D eigenvalue weighted by Gasteiger charge is 2.18. The fourth-order valence-electron chi connectivity index (χ4n) is 1.09. The summed E-state index contributed by atoms with van der Waals surface area (Å²) < 4.78 is 13.1. The molecule has 1 rings (SSSR count). The smallest absolute Gasteiger partial charge is 0.337 e. The molecule has 0 atom stereocenters. The maximum absolute atomic E-state index is 13.1. The van der Waals surface area contributed by atoms with Gasteiger partial charge in [-0.2, -0.15) is 5.26 Å². The number of halogens is 2. The van der Waals surface area contributed by atoms with E-state index in [9.17, 15) is 9.18 Å². The van der Waals surface area contributed by atoms with Crippen LogP contribution in [-0.2, 0) is 5.88 Å². The van der Waals surface area contributed by atoms with Gasteiger partial charge >= 0.3 is 5.97 Å². The molecule has 1 aromatic rings. The fourth-order valence-corrected chi connectivity index (χ4v) is 1.35.